The van der Waals surface area contributed by atoms with Crippen LogP contribution in [0.15, 0.2) is 57.1 Å². The van der Waals surface area contributed by atoms with Gasteiger partial charge in [-0.05, 0) is 36.4 Å². The van der Waals surface area contributed by atoms with E-state index in [1.165, 1.54) is 42.6 Å². The Hall–Kier alpha value is -1.66. The summed E-state index contributed by atoms with van der Waals surface area (Å²) in [5.41, 5.74) is 0.234. The molecule has 0 bridgehead atoms. The maximum absolute atomic E-state index is 12.2. The molecular weight excluding hydrogens is 426 g/mol. The van der Waals surface area contributed by atoms with Gasteiger partial charge in [0.25, 0.3) is 20.0 Å². The number of nitrogens with zero attached hydrogens (tertiary/aromatic N) is 1. The van der Waals surface area contributed by atoms with Crippen LogP contribution in [0.4, 0.5) is 10.8 Å². The van der Waals surface area contributed by atoms with Crippen molar-refractivity contribution in [1.82, 2.24) is 4.98 Å². The molecule has 0 radical (unpaired) electrons. The molecule has 12 heteroatoms. The third-order valence-corrected chi connectivity index (χ3v) is 8.16. The lowest BCUT2D eigenvalue weighted by molar-refractivity contribution is 0.600. The van der Waals surface area contributed by atoms with Gasteiger partial charge in [0.15, 0.2) is 5.13 Å². The highest BCUT2D eigenvalue weighted by atomic mass is 35.5. The van der Waals surface area contributed by atoms with Crippen molar-refractivity contribution in [2.75, 3.05) is 9.44 Å². The molecule has 2 aromatic heterocycles. The number of anilines is 2. The Bertz CT molecular complexity index is 1070. The number of hydrogen-bond acceptors (Lipinski definition) is 7. The van der Waals surface area contributed by atoms with Gasteiger partial charge in [-0.3, -0.25) is 9.44 Å². The second kappa shape index (κ2) is 6.92. The van der Waals surface area contributed by atoms with Crippen molar-refractivity contribution in [3.63, 3.8) is 0 Å². The molecule has 0 amide bonds. The summed E-state index contributed by atoms with van der Waals surface area (Å²) in [6.45, 7) is 0. The van der Waals surface area contributed by atoms with Gasteiger partial charge in [0.2, 0.25) is 0 Å². The smallest absolute Gasteiger partial charge is 0.271 e. The van der Waals surface area contributed by atoms with Crippen molar-refractivity contribution >= 4 is 65.1 Å². The lowest BCUT2D eigenvalue weighted by Gasteiger charge is -2.08. The first-order chi connectivity index (χ1) is 11.8. The van der Waals surface area contributed by atoms with Crippen molar-refractivity contribution in [3.8, 4) is 0 Å². The SMILES string of the molecule is O=S(=O)(Nc1nccs1)c1ccc(NS(=O)(=O)c2ccc(Cl)s2)cc1. The zero-order valence-corrected chi connectivity index (χ0v) is 16.2. The van der Waals surface area contributed by atoms with Gasteiger partial charge in [-0.15, -0.1) is 22.7 Å². The van der Waals surface area contributed by atoms with E-state index in [1.54, 1.807) is 5.38 Å². The topological polar surface area (TPSA) is 105 Å². The number of halogens is 1. The van der Waals surface area contributed by atoms with Crippen LogP contribution >= 0.6 is 34.3 Å². The molecule has 2 heterocycles. The normalized spacial score (nSPS) is 12.0. The fourth-order valence-electron chi connectivity index (χ4n) is 1.80. The monoisotopic (exact) mass is 435 g/mol. The molecule has 0 fully saturated rings. The van der Waals surface area contributed by atoms with E-state index in [-0.39, 0.29) is 19.9 Å². The number of thiazole rings is 1. The molecule has 7 nitrogen and oxygen atoms in total. The van der Waals surface area contributed by atoms with E-state index in [0.717, 1.165) is 22.7 Å². The number of thiophene rings is 1. The maximum Gasteiger partial charge on any atom is 0.271 e. The first kappa shape index (κ1) is 18.1. The Morgan fingerprint density at radius 1 is 0.920 bits per heavy atom. The van der Waals surface area contributed by atoms with Gasteiger partial charge in [0.05, 0.1) is 9.23 Å². The maximum atomic E-state index is 12.2. The lowest BCUT2D eigenvalue weighted by atomic mass is 10.3. The number of nitrogens with one attached hydrogen (secondary N) is 2. The Balaban J connectivity index is 1.78. The van der Waals surface area contributed by atoms with E-state index >= 15 is 0 Å². The van der Waals surface area contributed by atoms with E-state index in [0.29, 0.717) is 4.34 Å². The highest BCUT2D eigenvalue weighted by Crippen LogP contribution is 2.27. The first-order valence-corrected chi connectivity index (χ1v) is 11.6. The zero-order chi connectivity index (χ0) is 18.1. The van der Waals surface area contributed by atoms with Gasteiger partial charge >= 0.3 is 0 Å². The molecule has 0 saturated heterocycles. The van der Waals surface area contributed by atoms with Crippen LogP contribution in [0.2, 0.25) is 4.34 Å². The Labute approximate surface area is 157 Å². The van der Waals surface area contributed by atoms with Gasteiger partial charge in [0, 0.05) is 17.3 Å². The van der Waals surface area contributed by atoms with Gasteiger partial charge in [-0.25, -0.2) is 21.8 Å². The summed E-state index contributed by atoms with van der Waals surface area (Å²) in [6.07, 6.45) is 1.48. The summed E-state index contributed by atoms with van der Waals surface area (Å²) in [5.74, 6) is 0. The summed E-state index contributed by atoms with van der Waals surface area (Å²) in [7, 11) is -7.56. The predicted octanol–water partition coefficient (Wildman–Crippen LogP) is 3.46. The summed E-state index contributed by atoms with van der Waals surface area (Å²) in [4.78, 5) is 3.85. The second-order valence-corrected chi connectivity index (χ2v) is 10.8. The Morgan fingerprint density at radius 3 is 2.20 bits per heavy atom. The average Bonchev–Trinajstić information content (AvgIpc) is 3.19. The van der Waals surface area contributed by atoms with Crippen LogP contribution in [0, 0.1) is 0 Å². The van der Waals surface area contributed by atoms with Crippen molar-refractivity contribution in [2.24, 2.45) is 0 Å². The van der Waals surface area contributed by atoms with E-state index in [2.05, 4.69) is 14.4 Å². The number of aromatic nitrogens is 1. The minimum atomic E-state index is -3.79. The summed E-state index contributed by atoms with van der Waals surface area (Å²) in [5, 5.41) is 1.89. The van der Waals surface area contributed by atoms with Crippen LogP contribution in [0.5, 0.6) is 0 Å². The summed E-state index contributed by atoms with van der Waals surface area (Å²) in [6, 6.07) is 8.21. The molecule has 0 spiro atoms. The molecule has 3 aromatic rings. The molecule has 0 aliphatic rings. The van der Waals surface area contributed by atoms with Crippen LogP contribution in [0.3, 0.4) is 0 Å². The largest absolute Gasteiger partial charge is 0.279 e. The van der Waals surface area contributed by atoms with Gasteiger partial charge < -0.3 is 0 Å². The van der Waals surface area contributed by atoms with Crippen molar-refractivity contribution in [2.45, 2.75) is 9.10 Å². The lowest BCUT2D eigenvalue weighted by Crippen LogP contribution is -2.14. The van der Waals surface area contributed by atoms with Gasteiger partial charge in [0.1, 0.15) is 4.21 Å². The van der Waals surface area contributed by atoms with E-state index in [1.807, 2.05) is 0 Å². The molecule has 0 aliphatic carbocycles. The van der Waals surface area contributed by atoms with Crippen LogP contribution in [-0.4, -0.2) is 21.8 Å². The fourth-order valence-corrected chi connectivity index (χ4v) is 6.13. The van der Waals surface area contributed by atoms with Crippen LogP contribution in [0.1, 0.15) is 0 Å². The first-order valence-electron chi connectivity index (χ1n) is 6.57. The summed E-state index contributed by atoms with van der Waals surface area (Å²) < 4.78 is 54.0. The van der Waals surface area contributed by atoms with E-state index in [9.17, 15) is 16.8 Å². The molecular formula is C13H10ClN3O4S4. The molecule has 3 rings (SSSR count). The standard InChI is InChI=1S/C13H10ClN3O4S4/c14-11-5-6-12(23-11)25(20,21)16-9-1-3-10(4-2-9)24(18,19)17-13-15-7-8-22-13/h1-8,16H,(H,15,17). The van der Waals surface area contributed by atoms with Crippen molar-refractivity contribution in [1.29, 1.82) is 0 Å². The minimum Gasteiger partial charge on any atom is -0.279 e. The van der Waals surface area contributed by atoms with Gasteiger partial charge in [-0.1, -0.05) is 11.6 Å². The highest BCUT2D eigenvalue weighted by molar-refractivity contribution is 7.94. The zero-order valence-electron chi connectivity index (χ0n) is 12.2. The Kier molecular flexibility index (Phi) is 5.02. The number of hydrogen-bond donors (Lipinski definition) is 2. The fraction of sp³-hybridized carbons (Fsp3) is 0. The van der Waals surface area contributed by atoms with E-state index in [4.69, 9.17) is 11.6 Å². The summed E-state index contributed by atoms with van der Waals surface area (Å²) >= 11 is 7.83. The third-order valence-electron chi connectivity index (χ3n) is 2.88. The second-order valence-electron chi connectivity index (χ2n) is 4.63. The predicted molar refractivity (Wildman–Crippen MR) is 99.5 cm³/mol. The number of rotatable bonds is 6. The molecule has 1 aromatic carbocycles. The quantitative estimate of drug-likeness (QED) is 0.616. The molecule has 2 N–H and O–H groups in total. The average molecular weight is 436 g/mol. The minimum absolute atomic E-state index is 0.00943. The Morgan fingerprint density at radius 2 is 1.64 bits per heavy atom. The number of sulfonamides is 2. The molecule has 0 aliphatic heterocycles. The molecule has 0 atom stereocenters. The van der Waals surface area contributed by atoms with Crippen LogP contribution in [0.25, 0.3) is 0 Å². The molecule has 132 valence electrons. The van der Waals surface area contributed by atoms with Gasteiger partial charge in [-0.2, -0.15) is 0 Å². The van der Waals surface area contributed by atoms with Crippen molar-refractivity contribution < 1.29 is 16.8 Å². The van der Waals surface area contributed by atoms with Crippen LogP contribution in [-0.2, 0) is 20.0 Å². The molecule has 0 saturated carbocycles. The van der Waals surface area contributed by atoms with Crippen molar-refractivity contribution in [3.05, 3.63) is 52.3 Å². The van der Waals surface area contributed by atoms with E-state index < -0.39 is 20.0 Å². The third kappa shape index (κ3) is 4.30. The van der Waals surface area contributed by atoms with Crippen LogP contribution < -0.4 is 9.44 Å². The molecule has 25 heavy (non-hydrogen) atoms. The highest BCUT2D eigenvalue weighted by Gasteiger charge is 2.18. The molecule has 0 unspecified atom stereocenters. The number of benzene rings is 1.